The number of aromatic nitrogens is 1. The number of rotatable bonds is 4. The molecule has 0 atom stereocenters. The summed E-state index contributed by atoms with van der Waals surface area (Å²) in [6.45, 7) is 8.41. The van der Waals surface area contributed by atoms with Crippen molar-refractivity contribution in [3.8, 4) is 0 Å². The largest absolute Gasteiger partial charge is 0.370 e. The van der Waals surface area contributed by atoms with Crippen molar-refractivity contribution >= 4 is 17.4 Å². The monoisotopic (exact) mass is 262 g/mol. The van der Waals surface area contributed by atoms with Crippen LogP contribution in [0, 0.1) is 0 Å². The number of piperazine rings is 1. The molecule has 0 radical (unpaired) electrons. The molecule has 1 fully saturated rings. The van der Waals surface area contributed by atoms with Crippen LogP contribution in [0.5, 0.6) is 0 Å². The van der Waals surface area contributed by atoms with Crippen LogP contribution < -0.4 is 15.5 Å². The van der Waals surface area contributed by atoms with Crippen molar-refractivity contribution in [2.75, 3.05) is 29.9 Å². The van der Waals surface area contributed by atoms with Gasteiger partial charge >= 0.3 is 0 Å². The fourth-order valence-electron chi connectivity index (χ4n) is 2.29. The number of carbonyl (C=O) groups excluding carboxylic acids is 1. The van der Waals surface area contributed by atoms with Crippen LogP contribution in [0.4, 0.5) is 11.5 Å². The van der Waals surface area contributed by atoms with Gasteiger partial charge in [-0.3, -0.25) is 4.79 Å². The van der Waals surface area contributed by atoms with Crippen LogP contribution in [0.1, 0.15) is 27.2 Å². The first-order chi connectivity index (χ1) is 9.05. The molecule has 5 nitrogen and oxygen atoms in total. The summed E-state index contributed by atoms with van der Waals surface area (Å²) in [5.41, 5.74) is 0.509. The van der Waals surface area contributed by atoms with E-state index in [1.54, 1.807) is 6.20 Å². The number of hydrogen-bond donors (Lipinski definition) is 2. The lowest BCUT2D eigenvalue weighted by Gasteiger charge is -2.42. The van der Waals surface area contributed by atoms with Gasteiger partial charge in [-0.2, -0.15) is 0 Å². The Labute approximate surface area is 114 Å². The Bertz CT molecular complexity index is 459. The molecule has 2 rings (SSSR count). The summed E-state index contributed by atoms with van der Waals surface area (Å²) in [6.07, 6.45) is 2.85. The maximum atomic E-state index is 12.0. The third-order valence-electron chi connectivity index (χ3n) is 3.46. The predicted molar refractivity (Wildman–Crippen MR) is 77.5 cm³/mol. The highest BCUT2D eigenvalue weighted by atomic mass is 16.2. The molecule has 1 aromatic heterocycles. The van der Waals surface area contributed by atoms with Crippen LogP contribution in [-0.2, 0) is 4.79 Å². The molecule has 5 heteroatoms. The third kappa shape index (κ3) is 2.80. The van der Waals surface area contributed by atoms with E-state index >= 15 is 0 Å². The van der Waals surface area contributed by atoms with Crippen molar-refractivity contribution in [3.05, 3.63) is 18.3 Å². The van der Waals surface area contributed by atoms with Crippen molar-refractivity contribution in [1.29, 1.82) is 0 Å². The molecular weight excluding hydrogens is 240 g/mol. The molecule has 1 aromatic rings. The Morgan fingerprint density at radius 3 is 3.05 bits per heavy atom. The summed E-state index contributed by atoms with van der Waals surface area (Å²) in [6, 6.07) is 3.97. The van der Waals surface area contributed by atoms with E-state index in [1.165, 1.54) is 0 Å². The minimum atomic E-state index is -0.526. The van der Waals surface area contributed by atoms with Gasteiger partial charge in [0.05, 0.1) is 0 Å². The van der Waals surface area contributed by atoms with E-state index in [9.17, 15) is 4.79 Å². The second-order valence-corrected chi connectivity index (χ2v) is 5.29. The van der Waals surface area contributed by atoms with Crippen molar-refractivity contribution in [3.63, 3.8) is 0 Å². The normalized spacial score (nSPS) is 18.1. The SMILES string of the molecule is CCCNc1cc(N2CCNC(=O)C2(C)C)ccn1. The number of carbonyl (C=O) groups is 1. The van der Waals surface area contributed by atoms with Crippen LogP contribution in [0.3, 0.4) is 0 Å². The van der Waals surface area contributed by atoms with Gasteiger partial charge in [-0.1, -0.05) is 6.92 Å². The van der Waals surface area contributed by atoms with Gasteiger partial charge in [0.2, 0.25) is 5.91 Å². The van der Waals surface area contributed by atoms with Crippen molar-refractivity contribution in [2.24, 2.45) is 0 Å². The summed E-state index contributed by atoms with van der Waals surface area (Å²) < 4.78 is 0. The van der Waals surface area contributed by atoms with Gasteiger partial charge in [0.1, 0.15) is 11.4 Å². The quantitative estimate of drug-likeness (QED) is 0.865. The van der Waals surface area contributed by atoms with Gasteiger partial charge in [0.25, 0.3) is 0 Å². The smallest absolute Gasteiger partial charge is 0.245 e. The summed E-state index contributed by atoms with van der Waals surface area (Å²) >= 11 is 0. The Morgan fingerprint density at radius 1 is 1.53 bits per heavy atom. The molecule has 0 spiro atoms. The zero-order valence-electron chi connectivity index (χ0n) is 11.9. The Balaban J connectivity index is 2.23. The standard InChI is InChI=1S/C14H22N4O/c1-4-6-15-12-10-11(5-7-16-12)18-9-8-17-13(19)14(18,2)3/h5,7,10H,4,6,8-9H2,1-3H3,(H,15,16)(H,17,19). The summed E-state index contributed by atoms with van der Waals surface area (Å²) in [7, 11) is 0. The maximum Gasteiger partial charge on any atom is 0.245 e. The molecular formula is C14H22N4O. The molecule has 19 heavy (non-hydrogen) atoms. The van der Waals surface area contributed by atoms with E-state index in [4.69, 9.17) is 0 Å². The average molecular weight is 262 g/mol. The predicted octanol–water partition coefficient (Wildman–Crippen LogP) is 1.62. The number of nitrogens with zero attached hydrogens (tertiary/aromatic N) is 2. The molecule has 1 aliphatic rings. The van der Waals surface area contributed by atoms with Crippen molar-refractivity contribution in [2.45, 2.75) is 32.7 Å². The lowest BCUT2D eigenvalue weighted by atomic mass is 9.98. The first-order valence-electron chi connectivity index (χ1n) is 6.81. The Morgan fingerprint density at radius 2 is 2.32 bits per heavy atom. The number of anilines is 2. The van der Waals surface area contributed by atoms with E-state index in [1.807, 2.05) is 26.0 Å². The molecule has 0 bridgehead atoms. The average Bonchev–Trinajstić information content (AvgIpc) is 2.40. The van der Waals surface area contributed by atoms with Crippen LogP contribution in [0.25, 0.3) is 0 Å². The van der Waals surface area contributed by atoms with Crippen LogP contribution in [0.15, 0.2) is 18.3 Å². The zero-order valence-corrected chi connectivity index (χ0v) is 11.9. The summed E-state index contributed by atoms with van der Waals surface area (Å²) in [5.74, 6) is 0.930. The van der Waals surface area contributed by atoms with Gasteiger partial charge in [-0.05, 0) is 26.3 Å². The lowest BCUT2D eigenvalue weighted by molar-refractivity contribution is -0.126. The lowest BCUT2D eigenvalue weighted by Crippen LogP contribution is -2.62. The fraction of sp³-hybridized carbons (Fsp3) is 0.571. The van der Waals surface area contributed by atoms with E-state index in [-0.39, 0.29) is 5.91 Å². The summed E-state index contributed by atoms with van der Waals surface area (Å²) in [4.78, 5) is 18.4. The van der Waals surface area contributed by atoms with Crippen LogP contribution >= 0.6 is 0 Å². The minimum absolute atomic E-state index is 0.0682. The van der Waals surface area contributed by atoms with Crippen LogP contribution in [0.2, 0.25) is 0 Å². The molecule has 0 aliphatic carbocycles. The second kappa shape index (κ2) is 5.47. The third-order valence-corrected chi connectivity index (χ3v) is 3.46. The highest BCUT2D eigenvalue weighted by Crippen LogP contribution is 2.27. The van der Waals surface area contributed by atoms with E-state index in [2.05, 4.69) is 27.4 Å². The molecule has 104 valence electrons. The molecule has 2 heterocycles. The van der Waals surface area contributed by atoms with Crippen molar-refractivity contribution < 1.29 is 4.79 Å². The van der Waals surface area contributed by atoms with Gasteiger partial charge in [-0.25, -0.2) is 4.98 Å². The maximum absolute atomic E-state index is 12.0. The van der Waals surface area contributed by atoms with E-state index in [0.717, 1.165) is 31.0 Å². The van der Waals surface area contributed by atoms with Gasteiger partial charge in [0, 0.05) is 37.6 Å². The topological polar surface area (TPSA) is 57.3 Å². The Kier molecular flexibility index (Phi) is 3.93. The number of nitrogens with one attached hydrogen (secondary N) is 2. The molecule has 2 N–H and O–H groups in total. The van der Waals surface area contributed by atoms with Gasteiger partial charge in [0.15, 0.2) is 0 Å². The number of pyridine rings is 1. The first kappa shape index (κ1) is 13.6. The van der Waals surface area contributed by atoms with Crippen molar-refractivity contribution in [1.82, 2.24) is 10.3 Å². The highest BCUT2D eigenvalue weighted by molar-refractivity contribution is 5.90. The molecule has 0 aromatic carbocycles. The molecule has 1 aliphatic heterocycles. The van der Waals surface area contributed by atoms with E-state index in [0.29, 0.717) is 6.54 Å². The molecule has 0 unspecified atom stereocenters. The summed E-state index contributed by atoms with van der Waals surface area (Å²) in [5, 5.41) is 6.18. The molecule has 1 saturated heterocycles. The number of hydrogen-bond acceptors (Lipinski definition) is 4. The number of amides is 1. The highest BCUT2D eigenvalue weighted by Gasteiger charge is 2.37. The second-order valence-electron chi connectivity index (χ2n) is 5.29. The van der Waals surface area contributed by atoms with Gasteiger partial charge < -0.3 is 15.5 Å². The fourth-order valence-corrected chi connectivity index (χ4v) is 2.29. The van der Waals surface area contributed by atoms with Gasteiger partial charge in [-0.15, -0.1) is 0 Å². The van der Waals surface area contributed by atoms with Crippen LogP contribution in [-0.4, -0.2) is 36.1 Å². The first-order valence-corrected chi connectivity index (χ1v) is 6.81. The molecule has 0 saturated carbocycles. The molecule has 1 amide bonds. The zero-order chi connectivity index (χ0) is 13.9. The van der Waals surface area contributed by atoms with E-state index < -0.39 is 5.54 Å². The Hall–Kier alpha value is -1.78. The minimum Gasteiger partial charge on any atom is -0.370 e.